The Hall–Kier alpha value is -1.40. The molecule has 0 spiro atoms. The number of esters is 1. The van der Waals surface area contributed by atoms with Crippen molar-refractivity contribution in [3.8, 4) is 0 Å². The largest absolute Gasteiger partial charge is 0.468 e. The Morgan fingerprint density at radius 2 is 1.84 bits per heavy atom. The molecule has 104 valence electrons. The van der Waals surface area contributed by atoms with Crippen molar-refractivity contribution in [1.29, 1.82) is 0 Å². The van der Waals surface area contributed by atoms with Crippen LogP contribution in [-0.4, -0.2) is 50.7 Å². The predicted molar refractivity (Wildman–Crippen MR) is 73.9 cm³/mol. The third kappa shape index (κ3) is 5.00. The van der Waals surface area contributed by atoms with Gasteiger partial charge < -0.3 is 14.4 Å². The summed E-state index contributed by atoms with van der Waals surface area (Å²) >= 11 is 3.31. The minimum Gasteiger partial charge on any atom is -0.468 e. The van der Waals surface area contributed by atoms with E-state index in [1.165, 1.54) is 12.0 Å². The molecule has 0 atom stereocenters. The van der Waals surface area contributed by atoms with Crippen molar-refractivity contribution in [1.82, 2.24) is 4.90 Å². The average molecular weight is 330 g/mol. The Kier molecular flexibility index (Phi) is 6.52. The summed E-state index contributed by atoms with van der Waals surface area (Å²) in [5.74, 6) is -0.684. The highest BCUT2D eigenvalue weighted by molar-refractivity contribution is 9.10. The highest BCUT2D eigenvalue weighted by Crippen LogP contribution is 2.12. The smallest absolute Gasteiger partial charge is 0.325 e. The predicted octanol–water partition coefficient (Wildman–Crippen LogP) is 1.71. The third-order valence-corrected chi connectivity index (χ3v) is 3.02. The molecule has 0 bridgehead atoms. The Labute approximate surface area is 120 Å². The lowest BCUT2D eigenvalue weighted by Gasteiger charge is -2.21. The second-order valence-corrected chi connectivity index (χ2v) is 4.72. The minimum atomic E-state index is -0.457. The molecule has 0 aromatic heterocycles. The van der Waals surface area contributed by atoms with Gasteiger partial charge in [-0.3, -0.25) is 9.59 Å². The summed E-state index contributed by atoms with van der Waals surface area (Å²) < 4.78 is 10.4. The van der Waals surface area contributed by atoms with Crippen molar-refractivity contribution in [2.45, 2.75) is 0 Å². The Balaban J connectivity index is 2.80. The van der Waals surface area contributed by atoms with Crippen LogP contribution in [0.25, 0.3) is 0 Å². The van der Waals surface area contributed by atoms with Crippen molar-refractivity contribution in [2.24, 2.45) is 0 Å². The maximum absolute atomic E-state index is 12.3. The molecule has 0 fully saturated rings. The molecule has 1 aromatic carbocycles. The molecule has 19 heavy (non-hydrogen) atoms. The molecule has 0 N–H and O–H groups in total. The number of benzene rings is 1. The number of rotatable bonds is 6. The molecular weight excluding hydrogens is 314 g/mol. The van der Waals surface area contributed by atoms with Crippen molar-refractivity contribution in [3.05, 3.63) is 34.3 Å². The van der Waals surface area contributed by atoms with E-state index in [1.807, 2.05) is 0 Å². The number of carbonyl (C=O) groups excluding carboxylic acids is 2. The summed E-state index contributed by atoms with van der Waals surface area (Å²) in [6, 6.07) is 6.95. The van der Waals surface area contributed by atoms with Gasteiger partial charge in [-0.25, -0.2) is 0 Å². The lowest BCUT2D eigenvalue weighted by molar-refractivity contribution is -0.141. The average Bonchev–Trinajstić information content (AvgIpc) is 2.43. The standard InChI is InChI=1S/C13H16BrNO4/c1-18-8-7-15(9-12(16)19-2)13(17)10-3-5-11(14)6-4-10/h3-6H,7-9H2,1-2H3. The molecule has 6 heteroatoms. The van der Waals surface area contributed by atoms with E-state index >= 15 is 0 Å². The van der Waals surface area contributed by atoms with Crippen LogP contribution in [0.5, 0.6) is 0 Å². The first-order chi connectivity index (χ1) is 9.08. The molecular formula is C13H16BrNO4. The van der Waals surface area contributed by atoms with Gasteiger partial charge in [0.1, 0.15) is 6.54 Å². The number of carbonyl (C=O) groups is 2. The summed E-state index contributed by atoms with van der Waals surface area (Å²) in [5.41, 5.74) is 0.517. The Morgan fingerprint density at radius 3 is 2.37 bits per heavy atom. The second-order valence-electron chi connectivity index (χ2n) is 3.80. The quantitative estimate of drug-likeness (QED) is 0.745. The number of nitrogens with zero attached hydrogens (tertiary/aromatic N) is 1. The molecule has 0 heterocycles. The molecule has 0 aliphatic carbocycles. The SMILES string of the molecule is COCCN(CC(=O)OC)C(=O)c1ccc(Br)cc1. The fourth-order valence-corrected chi connectivity index (χ4v) is 1.71. The van der Waals surface area contributed by atoms with Crippen LogP contribution in [0.1, 0.15) is 10.4 Å². The molecule has 0 unspecified atom stereocenters. The zero-order valence-electron chi connectivity index (χ0n) is 10.9. The minimum absolute atomic E-state index is 0.0885. The van der Waals surface area contributed by atoms with Crippen LogP contribution in [0.2, 0.25) is 0 Å². The lowest BCUT2D eigenvalue weighted by Crippen LogP contribution is -2.38. The van der Waals surface area contributed by atoms with E-state index in [1.54, 1.807) is 31.4 Å². The highest BCUT2D eigenvalue weighted by atomic mass is 79.9. The van der Waals surface area contributed by atoms with Crippen molar-refractivity contribution in [2.75, 3.05) is 33.9 Å². The molecule has 0 saturated carbocycles. The Morgan fingerprint density at radius 1 is 1.21 bits per heavy atom. The maximum atomic E-state index is 12.3. The van der Waals surface area contributed by atoms with Gasteiger partial charge in [0.15, 0.2) is 0 Å². The first-order valence-corrected chi connectivity index (χ1v) is 6.48. The summed E-state index contributed by atoms with van der Waals surface area (Å²) in [5, 5.41) is 0. The van der Waals surface area contributed by atoms with E-state index in [0.717, 1.165) is 4.47 Å². The number of methoxy groups -OCH3 is 2. The van der Waals surface area contributed by atoms with Crippen molar-refractivity contribution < 1.29 is 19.1 Å². The van der Waals surface area contributed by atoms with Crippen molar-refractivity contribution >= 4 is 27.8 Å². The number of hydrogen-bond donors (Lipinski definition) is 0. The molecule has 0 saturated heterocycles. The van der Waals surface area contributed by atoms with Gasteiger partial charge in [-0.1, -0.05) is 15.9 Å². The van der Waals surface area contributed by atoms with Crippen LogP contribution in [0, 0.1) is 0 Å². The zero-order chi connectivity index (χ0) is 14.3. The highest BCUT2D eigenvalue weighted by Gasteiger charge is 2.18. The monoisotopic (exact) mass is 329 g/mol. The Bertz CT molecular complexity index is 433. The summed E-state index contributed by atoms with van der Waals surface area (Å²) in [7, 11) is 2.83. The van der Waals surface area contributed by atoms with E-state index in [0.29, 0.717) is 18.7 Å². The number of halogens is 1. The van der Waals surface area contributed by atoms with E-state index < -0.39 is 5.97 Å². The molecule has 0 aliphatic rings. The fraction of sp³-hybridized carbons (Fsp3) is 0.385. The van der Waals surface area contributed by atoms with E-state index in [4.69, 9.17) is 4.74 Å². The molecule has 1 rings (SSSR count). The van der Waals surface area contributed by atoms with Crippen LogP contribution in [0.4, 0.5) is 0 Å². The van der Waals surface area contributed by atoms with Gasteiger partial charge in [0.25, 0.3) is 5.91 Å². The van der Waals surface area contributed by atoms with E-state index in [-0.39, 0.29) is 12.5 Å². The summed E-state index contributed by atoms with van der Waals surface area (Å²) in [6.07, 6.45) is 0. The van der Waals surface area contributed by atoms with Crippen LogP contribution in [-0.2, 0) is 14.3 Å². The molecule has 1 aromatic rings. The van der Waals surface area contributed by atoms with E-state index in [9.17, 15) is 9.59 Å². The van der Waals surface area contributed by atoms with E-state index in [2.05, 4.69) is 20.7 Å². The van der Waals surface area contributed by atoms with Crippen molar-refractivity contribution in [3.63, 3.8) is 0 Å². The molecule has 0 radical (unpaired) electrons. The second kappa shape index (κ2) is 7.91. The summed E-state index contributed by atoms with van der Waals surface area (Å²) in [4.78, 5) is 25.0. The maximum Gasteiger partial charge on any atom is 0.325 e. The topological polar surface area (TPSA) is 55.8 Å². The fourth-order valence-electron chi connectivity index (χ4n) is 1.45. The van der Waals surface area contributed by atoms with Gasteiger partial charge in [0.05, 0.1) is 13.7 Å². The van der Waals surface area contributed by atoms with Crippen LogP contribution in [0.3, 0.4) is 0 Å². The van der Waals surface area contributed by atoms with Gasteiger partial charge in [-0.15, -0.1) is 0 Å². The normalized spacial score (nSPS) is 10.1. The first kappa shape index (κ1) is 15.7. The number of hydrogen-bond acceptors (Lipinski definition) is 4. The van der Waals surface area contributed by atoms with Crippen LogP contribution >= 0.6 is 15.9 Å². The molecule has 1 amide bonds. The third-order valence-electron chi connectivity index (χ3n) is 2.49. The van der Waals surface area contributed by atoms with Gasteiger partial charge in [-0.2, -0.15) is 0 Å². The number of amides is 1. The number of ether oxygens (including phenoxy) is 2. The first-order valence-electron chi connectivity index (χ1n) is 5.69. The van der Waals surface area contributed by atoms with Gasteiger partial charge in [0, 0.05) is 23.7 Å². The molecule has 0 aliphatic heterocycles. The zero-order valence-corrected chi connectivity index (χ0v) is 12.5. The summed E-state index contributed by atoms with van der Waals surface area (Å²) in [6.45, 7) is 0.606. The van der Waals surface area contributed by atoms with Gasteiger partial charge in [0.2, 0.25) is 0 Å². The van der Waals surface area contributed by atoms with Crippen LogP contribution < -0.4 is 0 Å². The molecule has 5 nitrogen and oxygen atoms in total. The lowest BCUT2D eigenvalue weighted by atomic mass is 10.2. The van der Waals surface area contributed by atoms with Crippen LogP contribution in [0.15, 0.2) is 28.7 Å². The van der Waals surface area contributed by atoms with Gasteiger partial charge in [-0.05, 0) is 24.3 Å². The van der Waals surface area contributed by atoms with Gasteiger partial charge >= 0.3 is 5.97 Å².